The van der Waals surface area contributed by atoms with Gasteiger partial charge in [-0.2, -0.15) is 12.6 Å². The Balaban J connectivity index is 4.75. The first kappa shape index (κ1) is 19.7. The standard InChI is InChI=1S/C13H25N3O4S/c1-4-20-13(19)9(5-8(2)3)16-12(18)10(7-21)15-11(17)6-14/h8-10,21H,4-7,14H2,1-3H3,(H,15,17)(H,16,18)/t9-,10-/m0/s1. The molecule has 0 saturated heterocycles. The Kier molecular flexibility index (Phi) is 9.81. The molecule has 0 unspecified atom stereocenters. The largest absolute Gasteiger partial charge is 0.464 e. The summed E-state index contributed by atoms with van der Waals surface area (Å²) in [5, 5.41) is 5.04. The Labute approximate surface area is 130 Å². The van der Waals surface area contributed by atoms with E-state index in [2.05, 4.69) is 23.3 Å². The third kappa shape index (κ3) is 7.91. The third-order valence-electron chi connectivity index (χ3n) is 2.61. The second-order valence-electron chi connectivity index (χ2n) is 4.95. The maximum Gasteiger partial charge on any atom is 0.328 e. The molecule has 2 amide bonds. The molecule has 122 valence electrons. The molecule has 0 aromatic heterocycles. The van der Waals surface area contributed by atoms with Gasteiger partial charge in [0.05, 0.1) is 13.2 Å². The van der Waals surface area contributed by atoms with Crippen molar-refractivity contribution in [1.29, 1.82) is 0 Å². The van der Waals surface area contributed by atoms with Gasteiger partial charge in [-0.25, -0.2) is 4.79 Å². The molecule has 7 nitrogen and oxygen atoms in total. The van der Waals surface area contributed by atoms with Gasteiger partial charge in [-0.15, -0.1) is 0 Å². The minimum atomic E-state index is -0.839. The molecule has 4 N–H and O–H groups in total. The summed E-state index contributed by atoms with van der Waals surface area (Å²) in [6.45, 7) is 5.59. The van der Waals surface area contributed by atoms with E-state index in [1.807, 2.05) is 13.8 Å². The molecule has 0 saturated carbocycles. The fourth-order valence-corrected chi connectivity index (χ4v) is 1.91. The van der Waals surface area contributed by atoms with Gasteiger partial charge in [-0.1, -0.05) is 13.8 Å². The maximum absolute atomic E-state index is 12.1. The number of hydrogen-bond acceptors (Lipinski definition) is 6. The first-order valence-electron chi connectivity index (χ1n) is 6.92. The topological polar surface area (TPSA) is 111 Å². The number of nitrogens with two attached hydrogens (primary N) is 1. The van der Waals surface area contributed by atoms with Crippen molar-refractivity contribution in [2.75, 3.05) is 18.9 Å². The van der Waals surface area contributed by atoms with Crippen molar-refractivity contribution in [3.8, 4) is 0 Å². The number of ether oxygens (including phenoxy) is 1. The Morgan fingerprint density at radius 2 is 1.81 bits per heavy atom. The Bertz CT molecular complexity index is 363. The molecule has 0 aromatic rings. The highest BCUT2D eigenvalue weighted by Gasteiger charge is 2.27. The van der Waals surface area contributed by atoms with Crippen molar-refractivity contribution in [3.05, 3.63) is 0 Å². The molecule has 0 aliphatic heterocycles. The molecular formula is C13H25N3O4S. The minimum absolute atomic E-state index is 0.106. The van der Waals surface area contributed by atoms with E-state index in [1.54, 1.807) is 6.92 Å². The summed E-state index contributed by atoms with van der Waals surface area (Å²) in [5.41, 5.74) is 5.19. The van der Waals surface area contributed by atoms with Crippen LogP contribution in [0.5, 0.6) is 0 Å². The lowest BCUT2D eigenvalue weighted by atomic mass is 10.0. The van der Waals surface area contributed by atoms with Gasteiger partial charge in [-0.3, -0.25) is 9.59 Å². The fourth-order valence-electron chi connectivity index (χ4n) is 1.65. The van der Waals surface area contributed by atoms with Crippen molar-refractivity contribution < 1.29 is 19.1 Å². The highest BCUT2D eigenvalue weighted by molar-refractivity contribution is 7.80. The van der Waals surface area contributed by atoms with E-state index in [9.17, 15) is 14.4 Å². The molecule has 0 radical (unpaired) electrons. The van der Waals surface area contributed by atoms with E-state index in [0.717, 1.165) is 0 Å². The van der Waals surface area contributed by atoms with Crippen molar-refractivity contribution in [3.63, 3.8) is 0 Å². The van der Waals surface area contributed by atoms with Crippen molar-refractivity contribution in [2.24, 2.45) is 11.7 Å². The van der Waals surface area contributed by atoms with E-state index in [4.69, 9.17) is 10.5 Å². The molecule has 21 heavy (non-hydrogen) atoms. The maximum atomic E-state index is 12.1. The van der Waals surface area contributed by atoms with E-state index in [1.165, 1.54) is 0 Å². The normalized spacial score (nSPS) is 13.4. The second-order valence-corrected chi connectivity index (χ2v) is 5.31. The molecule has 8 heteroatoms. The molecule has 0 aromatic carbocycles. The number of carbonyl (C=O) groups excluding carboxylic acids is 3. The van der Waals surface area contributed by atoms with Gasteiger partial charge in [0.2, 0.25) is 11.8 Å². The van der Waals surface area contributed by atoms with Crippen LogP contribution in [0, 0.1) is 5.92 Å². The highest BCUT2D eigenvalue weighted by atomic mass is 32.1. The minimum Gasteiger partial charge on any atom is -0.464 e. The lowest BCUT2D eigenvalue weighted by Gasteiger charge is -2.22. The third-order valence-corrected chi connectivity index (χ3v) is 2.98. The van der Waals surface area contributed by atoms with Crippen LogP contribution in [0.3, 0.4) is 0 Å². The van der Waals surface area contributed by atoms with Crippen LogP contribution in [0.2, 0.25) is 0 Å². The van der Waals surface area contributed by atoms with E-state index in [-0.39, 0.29) is 24.8 Å². The van der Waals surface area contributed by atoms with Gasteiger partial charge in [0, 0.05) is 5.75 Å². The molecule has 0 bridgehead atoms. The summed E-state index contributed by atoms with van der Waals surface area (Å²) in [6, 6.07) is -1.58. The van der Waals surface area contributed by atoms with E-state index < -0.39 is 29.9 Å². The van der Waals surface area contributed by atoms with E-state index in [0.29, 0.717) is 6.42 Å². The number of amides is 2. The van der Waals surface area contributed by atoms with Crippen LogP contribution in [0.25, 0.3) is 0 Å². The van der Waals surface area contributed by atoms with Crippen molar-refractivity contribution in [1.82, 2.24) is 10.6 Å². The number of esters is 1. The van der Waals surface area contributed by atoms with Gasteiger partial charge in [0.15, 0.2) is 0 Å². The Hall–Kier alpha value is -1.28. The smallest absolute Gasteiger partial charge is 0.328 e. The van der Waals surface area contributed by atoms with Gasteiger partial charge < -0.3 is 21.1 Å². The van der Waals surface area contributed by atoms with Gasteiger partial charge in [-0.05, 0) is 19.3 Å². The summed E-state index contributed by atoms with van der Waals surface area (Å²) in [6.07, 6.45) is 0.453. The van der Waals surface area contributed by atoms with Crippen LogP contribution in [-0.2, 0) is 19.1 Å². The summed E-state index contributed by atoms with van der Waals surface area (Å²) < 4.78 is 4.94. The van der Waals surface area contributed by atoms with Crippen LogP contribution in [0.15, 0.2) is 0 Å². The Morgan fingerprint density at radius 1 is 1.19 bits per heavy atom. The lowest BCUT2D eigenvalue weighted by molar-refractivity contribution is -0.148. The number of nitrogens with one attached hydrogen (secondary N) is 2. The average molecular weight is 319 g/mol. The molecule has 0 fully saturated rings. The lowest BCUT2D eigenvalue weighted by Crippen LogP contribution is -2.53. The molecule has 0 aliphatic carbocycles. The van der Waals surface area contributed by atoms with Crippen LogP contribution in [0.1, 0.15) is 27.2 Å². The van der Waals surface area contributed by atoms with Crippen LogP contribution in [-0.4, -0.2) is 48.8 Å². The van der Waals surface area contributed by atoms with E-state index >= 15 is 0 Å². The summed E-state index contributed by atoms with van der Waals surface area (Å²) >= 11 is 4.02. The number of thiol groups is 1. The van der Waals surface area contributed by atoms with Crippen molar-refractivity contribution in [2.45, 2.75) is 39.3 Å². The van der Waals surface area contributed by atoms with Gasteiger partial charge in [0.1, 0.15) is 12.1 Å². The quantitative estimate of drug-likeness (QED) is 0.337. The van der Waals surface area contributed by atoms with Crippen molar-refractivity contribution >= 4 is 30.4 Å². The number of carbonyl (C=O) groups is 3. The zero-order chi connectivity index (χ0) is 16.4. The van der Waals surface area contributed by atoms with Gasteiger partial charge in [0.25, 0.3) is 0 Å². The molecule has 2 atom stereocenters. The molecule has 0 spiro atoms. The van der Waals surface area contributed by atoms with Crippen LogP contribution >= 0.6 is 12.6 Å². The zero-order valence-electron chi connectivity index (χ0n) is 12.7. The summed E-state index contributed by atoms with van der Waals surface area (Å²) in [7, 11) is 0. The zero-order valence-corrected chi connectivity index (χ0v) is 13.6. The Morgan fingerprint density at radius 3 is 2.24 bits per heavy atom. The second kappa shape index (κ2) is 10.4. The number of hydrogen-bond donors (Lipinski definition) is 4. The average Bonchev–Trinajstić information content (AvgIpc) is 2.43. The fraction of sp³-hybridized carbons (Fsp3) is 0.769. The molecule has 0 aliphatic rings. The molecular weight excluding hydrogens is 294 g/mol. The SMILES string of the molecule is CCOC(=O)[C@H](CC(C)C)NC(=O)[C@H](CS)NC(=O)CN. The molecule has 0 rings (SSSR count). The highest BCUT2D eigenvalue weighted by Crippen LogP contribution is 2.07. The predicted molar refractivity (Wildman–Crippen MR) is 82.9 cm³/mol. The molecule has 0 heterocycles. The number of rotatable bonds is 9. The first-order valence-corrected chi connectivity index (χ1v) is 7.56. The van der Waals surface area contributed by atoms with Crippen LogP contribution in [0.4, 0.5) is 0 Å². The predicted octanol–water partition coefficient (Wildman–Crippen LogP) is -0.546. The monoisotopic (exact) mass is 319 g/mol. The summed E-state index contributed by atoms with van der Waals surface area (Å²) in [5.74, 6) is -1.11. The summed E-state index contributed by atoms with van der Waals surface area (Å²) in [4.78, 5) is 35.2. The van der Waals surface area contributed by atoms with Crippen LogP contribution < -0.4 is 16.4 Å². The first-order chi connectivity index (χ1) is 9.85. The van der Waals surface area contributed by atoms with Gasteiger partial charge >= 0.3 is 5.97 Å².